The second kappa shape index (κ2) is 7.33. The predicted octanol–water partition coefficient (Wildman–Crippen LogP) is 1.79. The number of amides is 1. The van der Waals surface area contributed by atoms with E-state index >= 15 is 0 Å². The van der Waals surface area contributed by atoms with E-state index in [0.717, 1.165) is 17.8 Å². The molecule has 0 aromatic carbocycles. The first-order valence-electron chi connectivity index (χ1n) is 8.75. The summed E-state index contributed by atoms with van der Waals surface area (Å²) in [7, 11) is 0. The average Bonchev–Trinajstić information content (AvgIpc) is 3.38. The van der Waals surface area contributed by atoms with Gasteiger partial charge in [0.15, 0.2) is 0 Å². The quantitative estimate of drug-likeness (QED) is 0.835. The summed E-state index contributed by atoms with van der Waals surface area (Å²) in [6.45, 7) is 1.48. The highest BCUT2D eigenvalue weighted by Crippen LogP contribution is 2.38. The number of aromatic amines is 1. The Labute approximate surface area is 146 Å². The minimum Gasteiger partial charge on any atom is -0.379 e. The normalized spacial score (nSPS) is 23.4. The monoisotopic (exact) mass is 342 g/mol. The average molecular weight is 342 g/mol. The van der Waals surface area contributed by atoms with Crippen LogP contribution in [0.4, 0.5) is 0 Å². The largest absolute Gasteiger partial charge is 0.379 e. The van der Waals surface area contributed by atoms with Crippen molar-refractivity contribution in [3.8, 4) is 0 Å². The number of hydrogen-bond donors (Lipinski definition) is 2. The molecule has 132 valence electrons. The molecule has 1 saturated carbocycles. The number of nitrogens with zero attached hydrogens (tertiary/aromatic N) is 2. The summed E-state index contributed by atoms with van der Waals surface area (Å²) in [6.07, 6.45) is 4.61. The van der Waals surface area contributed by atoms with E-state index in [0.29, 0.717) is 31.4 Å². The zero-order valence-corrected chi connectivity index (χ0v) is 14.0. The van der Waals surface area contributed by atoms with E-state index in [1.54, 1.807) is 6.20 Å². The first kappa shape index (κ1) is 16.2. The molecule has 1 saturated heterocycles. The first-order chi connectivity index (χ1) is 12.3. The Kier molecular flexibility index (Phi) is 4.76. The van der Waals surface area contributed by atoms with Crippen molar-refractivity contribution in [1.29, 1.82) is 0 Å². The number of nitrogens with one attached hydrogen (secondary N) is 2. The van der Waals surface area contributed by atoms with Crippen LogP contribution in [0.3, 0.4) is 0 Å². The SMILES string of the molecule is O=C(N[C@@H]1CCOC[C@H]1OCc1ccccn1)c1cc(C2CC2)[nH]n1. The van der Waals surface area contributed by atoms with Gasteiger partial charge in [0.2, 0.25) is 0 Å². The van der Waals surface area contributed by atoms with Gasteiger partial charge < -0.3 is 14.8 Å². The Balaban J connectivity index is 1.35. The highest BCUT2D eigenvalue weighted by atomic mass is 16.5. The molecule has 0 unspecified atom stereocenters. The van der Waals surface area contributed by atoms with E-state index in [1.165, 1.54) is 12.8 Å². The molecular weight excluding hydrogens is 320 g/mol. The predicted molar refractivity (Wildman–Crippen MR) is 90.1 cm³/mol. The molecule has 0 bridgehead atoms. The molecule has 2 fully saturated rings. The van der Waals surface area contributed by atoms with Crippen molar-refractivity contribution in [2.75, 3.05) is 13.2 Å². The van der Waals surface area contributed by atoms with Gasteiger partial charge in [-0.1, -0.05) is 6.07 Å². The third-order valence-electron chi connectivity index (χ3n) is 4.64. The maximum atomic E-state index is 12.5. The Morgan fingerprint density at radius 1 is 1.36 bits per heavy atom. The zero-order valence-electron chi connectivity index (χ0n) is 14.0. The second-order valence-electron chi connectivity index (χ2n) is 6.60. The minimum atomic E-state index is -0.193. The fraction of sp³-hybridized carbons (Fsp3) is 0.500. The highest BCUT2D eigenvalue weighted by Gasteiger charge is 2.30. The van der Waals surface area contributed by atoms with Crippen LogP contribution in [-0.2, 0) is 16.1 Å². The summed E-state index contributed by atoms with van der Waals surface area (Å²) in [5.41, 5.74) is 2.36. The van der Waals surface area contributed by atoms with E-state index in [9.17, 15) is 4.79 Å². The van der Waals surface area contributed by atoms with E-state index in [1.807, 2.05) is 24.3 Å². The van der Waals surface area contributed by atoms with Gasteiger partial charge >= 0.3 is 0 Å². The molecule has 2 N–H and O–H groups in total. The molecule has 2 aromatic heterocycles. The van der Waals surface area contributed by atoms with Crippen molar-refractivity contribution in [2.45, 2.75) is 43.9 Å². The second-order valence-corrected chi connectivity index (χ2v) is 6.60. The molecule has 2 aromatic rings. The Hall–Kier alpha value is -2.25. The third kappa shape index (κ3) is 4.05. The topological polar surface area (TPSA) is 89.1 Å². The van der Waals surface area contributed by atoms with Crippen molar-refractivity contribution < 1.29 is 14.3 Å². The van der Waals surface area contributed by atoms with Crippen LogP contribution in [0.5, 0.6) is 0 Å². The minimum absolute atomic E-state index is 0.0916. The molecule has 1 aliphatic carbocycles. The molecule has 2 aliphatic rings. The van der Waals surface area contributed by atoms with Crippen LogP contribution in [0.15, 0.2) is 30.5 Å². The van der Waals surface area contributed by atoms with Gasteiger partial charge in [0.25, 0.3) is 5.91 Å². The van der Waals surface area contributed by atoms with Crippen molar-refractivity contribution in [1.82, 2.24) is 20.5 Å². The molecule has 4 rings (SSSR count). The van der Waals surface area contributed by atoms with Crippen LogP contribution in [0.1, 0.15) is 47.1 Å². The summed E-state index contributed by atoms with van der Waals surface area (Å²) < 4.78 is 11.5. The van der Waals surface area contributed by atoms with Crippen LogP contribution in [0.25, 0.3) is 0 Å². The van der Waals surface area contributed by atoms with Gasteiger partial charge in [-0.25, -0.2) is 0 Å². The molecule has 7 heteroatoms. The molecule has 2 atom stereocenters. The van der Waals surface area contributed by atoms with Crippen molar-refractivity contribution in [2.24, 2.45) is 0 Å². The van der Waals surface area contributed by atoms with Gasteiger partial charge in [-0.15, -0.1) is 0 Å². The highest BCUT2D eigenvalue weighted by molar-refractivity contribution is 5.92. The Morgan fingerprint density at radius 2 is 2.28 bits per heavy atom. The number of pyridine rings is 1. The van der Waals surface area contributed by atoms with Crippen LogP contribution in [-0.4, -0.2) is 46.4 Å². The lowest BCUT2D eigenvalue weighted by atomic mass is 10.1. The van der Waals surface area contributed by atoms with Gasteiger partial charge in [0.05, 0.1) is 24.9 Å². The molecule has 0 radical (unpaired) electrons. The van der Waals surface area contributed by atoms with Crippen LogP contribution in [0.2, 0.25) is 0 Å². The lowest BCUT2D eigenvalue weighted by molar-refractivity contribution is -0.0743. The Morgan fingerprint density at radius 3 is 3.08 bits per heavy atom. The number of carbonyl (C=O) groups is 1. The van der Waals surface area contributed by atoms with Gasteiger partial charge in [-0.3, -0.25) is 14.9 Å². The number of ether oxygens (including phenoxy) is 2. The van der Waals surface area contributed by atoms with Crippen LogP contribution >= 0.6 is 0 Å². The lowest BCUT2D eigenvalue weighted by Crippen LogP contribution is -2.50. The number of carbonyl (C=O) groups excluding carboxylic acids is 1. The summed E-state index contributed by atoms with van der Waals surface area (Å²) in [5.74, 6) is 0.382. The summed E-state index contributed by atoms with van der Waals surface area (Å²) in [6, 6.07) is 7.48. The molecule has 25 heavy (non-hydrogen) atoms. The maximum absolute atomic E-state index is 12.5. The molecule has 1 amide bonds. The third-order valence-corrected chi connectivity index (χ3v) is 4.64. The fourth-order valence-corrected chi connectivity index (χ4v) is 3.02. The summed E-state index contributed by atoms with van der Waals surface area (Å²) >= 11 is 0. The summed E-state index contributed by atoms with van der Waals surface area (Å²) in [4.78, 5) is 16.7. The lowest BCUT2D eigenvalue weighted by Gasteiger charge is -2.31. The first-order valence-corrected chi connectivity index (χ1v) is 8.75. The number of rotatable bonds is 6. The molecule has 7 nitrogen and oxygen atoms in total. The van der Waals surface area contributed by atoms with E-state index in [-0.39, 0.29) is 18.1 Å². The van der Waals surface area contributed by atoms with Crippen molar-refractivity contribution in [3.05, 3.63) is 47.5 Å². The van der Waals surface area contributed by atoms with Gasteiger partial charge in [0, 0.05) is 24.4 Å². The van der Waals surface area contributed by atoms with Crippen LogP contribution < -0.4 is 5.32 Å². The number of H-pyrrole nitrogens is 1. The van der Waals surface area contributed by atoms with Crippen molar-refractivity contribution in [3.63, 3.8) is 0 Å². The molecular formula is C18H22N4O3. The molecule has 3 heterocycles. The van der Waals surface area contributed by atoms with Gasteiger partial charge in [0.1, 0.15) is 11.8 Å². The fourth-order valence-electron chi connectivity index (χ4n) is 3.02. The van der Waals surface area contributed by atoms with Crippen LogP contribution in [0, 0.1) is 0 Å². The van der Waals surface area contributed by atoms with E-state index in [4.69, 9.17) is 9.47 Å². The molecule has 1 aliphatic heterocycles. The number of aromatic nitrogens is 3. The number of hydrogen-bond acceptors (Lipinski definition) is 5. The standard InChI is InChI=1S/C18H22N4O3/c23-18(16-9-15(21-22-16)12-4-5-12)20-14-6-8-24-11-17(14)25-10-13-3-1-2-7-19-13/h1-3,7,9,12,14,17H,4-6,8,10-11H2,(H,20,23)(H,21,22)/t14-,17-/m1/s1. The molecule has 0 spiro atoms. The zero-order chi connectivity index (χ0) is 17.1. The maximum Gasteiger partial charge on any atom is 0.272 e. The van der Waals surface area contributed by atoms with E-state index < -0.39 is 0 Å². The smallest absolute Gasteiger partial charge is 0.272 e. The van der Waals surface area contributed by atoms with Crippen molar-refractivity contribution >= 4 is 5.91 Å². The van der Waals surface area contributed by atoms with Gasteiger partial charge in [-0.05, 0) is 37.5 Å². The van der Waals surface area contributed by atoms with Gasteiger partial charge in [-0.2, -0.15) is 5.10 Å². The summed E-state index contributed by atoms with van der Waals surface area (Å²) in [5, 5.41) is 10.2. The van der Waals surface area contributed by atoms with E-state index in [2.05, 4.69) is 20.5 Å². The Bertz CT molecular complexity index is 714.